The first-order valence-corrected chi connectivity index (χ1v) is 11.2. The van der Waals surface area contributed by atoms with Crippen molar-refractivity contribution >= 4 is 56.3 Å². The zero-order valence-electron chi connectivity index (χ0n) is 13.5. The maximum absolute atomic E-state index is 12.6. The lowest BCUT2D eigenvalue weighted by atomic mass is 10.2. The number of halogens is 1. The van der Waals surface area contributed by atoms with Gasteiger partial charge in [-0.15, -0.1) is 22.7 Å². The van der Waals surface area contributed by atoms with Gasteiger partial charge in [0.05, 0.1) is 4.34 Å². The summed E-state index contributed by atoms with van der Waals surface area (Å²) < 4.78 is 27.2. The Balaban J connectivity index is 1.61. The maximum Gasteiger partial charge on any atom is 0.252 e. The van der Waals surface area contributed by atoms with E-state index in [1.165, 1.54) is 10.4 Å². The van der Waals surface area contributed by atoms with E-state index in [0.717, 1.165) is 21.8 Å². The summed E-state index contributed by atoms with van der Waals surface area (Å²) in [4.78, 5) is 15.0. The molecular weight excluding hydrogens is 400 g/mol. The Labute approximate surface area is 160 Å². The van der Waals surface area contributed by atoms with Gasteiger partial charge in [0.25, 0.3) is 10.0 Å². The summed E-state index contributed by atoms with van der Waals surface area (Å²) in [5, 5.41) is 1.99. The van der Waals surface area contributed by atoms with Crippen molar-refractivity contribution in [3.8, 4) is 0 Å². The standard InChI is InChI=1S/C16H17ClN2O3S3/c1-12-6-11-23-13(12)2-4-15(20)18-7-9-19(10-8-18)25(21,22)16-5-3-14(17)24-16/h2-6,11H,7-10H2,1H3/b4-2+. The Morgan fingerprint density at radius 3 is 2.48 bits per heavy atom. The van der Waals surface area contributed by atoms with Gasteiger partial charge in [0.1, 0.15) is 4.21 Å². The molecule has 1 aliphatic rings. The van der Waals surface area contributed by atoms with E-state index in [2.05, 4.69) is 0 Å². The highest BCUT2D eigenvalue weighted by Crippen LogP contribution is 2.28. The first-order chi connectivity index (χ1) is 11.9. The minimum atomic E-state index is -3.53. The number of aryl methyl sites for hydroxylation is 1. The SMILES string of the molecule is Cc1ccsc1/C=C/C(=O)N1CCN(S(=O)(=O)c2ccc(Cl)s2)CC1. The smallest absolute Gasteiger partial charge is 0.252 e. The minimum absolute atomic E-state index is 0.0935. The third-order valence-electron chi connectivity index (χ3n) is 3.97. The molecule has 5 nitrogen and oxygen atoms in total. The molecule has 9 heteroatoms. The van der Waals surface area contributed by atoms with Gasteiger partial charge in [0, 0.05) is 37.1 Å². The Hall–Kier alpha value is -1.19. The lowest BCUT2D eigenvalue weighted by molar-refractivity contribution is -0.127. The summed E-state index contributed by atoms with van der Waals surface area (Å²) in [5.74, 6) is -0.0935. The molecule has 0 unspecified atom stereocenters. The van der Waals surface area contributed by atoms with E-state index < -0.39 is 10.0 Å². The van der Waals surface area contributed by atoms with Crippen LogP contribution in [0.3, 0.4) is 0 Å². The summed E-state index contributed by atoms with van der Waals surface area (Å²) in [6, 6.07) is 5.11. The van der Waals surface area contributed by atoms with Gasteiger partial charge >= 0.3 is 0 Å². The van der Waals surface area contributed by atoms with Crippen molar-refractivity contribution in [2.24, 2.45) is 0 Å². The second-order valence-electron chi connectivity index (χ2n) is 5.59. The van der Waals surface area contributed by atoms with Crippen LogP contribution < -0.4 is 0 Å². The Morgan fingerprint density at radius 1 is 1.20 bits per heavy atom. The van der Waals surface area contributed by atoms with Gasteiger partial charge < -0.3 is 4.90 Å². The molecule has 0 bridgehead atoms. The highest BCUT2D eigenvalue weighted by molar-refractivity contribution is 7.91. The molecule has 134 valence electrons. The van der Waals surface area contributed by atoms with Gasteiger partial charge in [-0.1, -0.05) is 11.6 Å². The van der Waals surface area contributed by atoms with Crippen LogP contribution in [0, 0.1) is 6.92 Å². The van der Waals surface area contributed by atoms with E-state index in [4.69, 9.17) is 11.6 Å². The molecule has 25 heavy (non-hydrogen) atoms. The van der Waals surface area contributed by atoms with Gasteiger partial charge in [-0.05, 0) is 42.1 Å². The summed E-state index contributed by atoms with van der Waals surface area (Å²) in [6.45, 7) is 3.34. The predicted octanol–water partition coefficient (Wildman–Crippen LogP) is 3.32. The lowest BCUT2D eigenvalue weighted by Gasteiger charge is -2.33. The average molecular weight is 417 g/mol. The molecule has 0 saturated carbocycles. The van der Waals surface area contributed by atoms with E-state index in [1.54, 1.807) is 28.4 Å². The Kier molecular flexibility index (Phi) is 5.65. The van der Waals surface area contributed by atoms with E-state index >= 15 is 0 Å². The molecule has 0 N–H and O–H groups in total. The van der Waals surface area contributed by atoms with Crippen molar-refractivity contribution in [1.82, 2.24) is 9.21 Å². The number of hydrogen-bond donors (Lipinski definition) is 0. The summed E-state index contributed by atoms with van der Waals surface area (Å²) >= 11 is 8.47. The third-order valence-corrected chi connectivity index (χ3v) is 8.55. The maximum atomic E-state index is 12.6. The van der Waals surface area contributed by atoms with Gasteiger partial charge in [-0.2, -0.15) is 4.31 Å². The lowest BCUT2D eigenvalue weighted by Crippen LogP contribution is -2.50. The number of rotatable bonds is 4. The van der Waals surface area contributed by atoms with Crippen molar-refractivity contribution in [2.45, 2.75) is 11.1 Å². The van der Waals surface area contributed by atoms with Crippen LogP contribution in [0.25, 0.3) is 6.08 Å². The molecule has 0 spiro atoms. The van der Waals surface area contributed by atoms with E-state index in [1.807, 2.05) is 24.4 Å². The van der Waals surface area contributed by atoms with Gasteiger partial charge in [0.15, 0.2) is 0 Å². The number of carbonyl (C=O) groups excluding carboxylic acids is 1. The minimum Gasteiger partial charge on any atom is -0.337 e. The molecule has 0 aliphatic carbocycles. The molecule has 2 aromatic heterocycles. The molecule has 1 aliphatic heterocycles. The van der Waals surface area contributed by atoms with Gasteiger partial charge in [-0.3, -0.25) is 4.79 Å². The van der Waals surface area contributed by atoms with Gasteiger partial charge in [0.2, 0.25) is 5.91 Å². The normalized spacial score (nSPS) is 16.6. The van der Waals surface area contributed by atoms with Gasteiger partial charge in [-0.25, -0.2) is 8.42 Å². The molecule has 3 rings (SSSR count). The van der Waals surface area contributed by atoms with Crippen LogP contribution >= 0.6 is 34.3 Å². The van der Waals surface area contributed by atoms with Crippen LogP contribution in [0.5, 0.6) is 0 Å². The second kappa shape index (κ2) is 7.59. The van der Waals surface area contributed by atoms with Crippen molar-refractivity contribution < 1.29 is 13.2 Å². The first-order valence-electron chi connectivity index (χ1n) is 7.64. The summed E-state index contributed by atoms with van der Waals surface area (Å²) in [5.41, 5.74) is 1.14. The van der Waals surface area contributed by atoms with Crippen LogP contribution in [0.15, 0.2) is 33.9 Å². The largest absolute Gasteiger partial charge is 0.337 e. The van der Waals surface area contributed by atoms with Crippen LogP contribution in [0.2, 0.25) is 4.34 Å². The van der Waals surface area contributed by atoms with Crippen LogP contribution in [0.4, 0.5) is 0 Å². The summed E-state index contributed by atoms with van der Waals surface area (Å²) in [6.07, 6.45) is 3.38. The third kappa shape index (κ3) is 4.15. The summed E-state index contributed by atoms with van der Waals surface area (Å²) in [7, 11) is -3.53. The van der Waals surface area contributed by atoms with E-state index in [0.29, 0.717) is 17.4 Å². The van der Waals surface area contributed by atoms with E-state index in [9.17, 15) is 13.2 Å². The number of amides is 1. The predicted molar refractivity (Wildman–Crippen MR) is 103 cm³/mol. The highest BCUT2D eigenvalue weighted by Gasteiger charge is 2.30. The zero-order valence-corrected chi connectivity index (χ0v) is 16.7. The number of carbonyl (C=O) groups is 1. The molecule has 0 radical (unpaired) electrons. The quantitative estimate of drug-likeness (QED) is 0.718. The fraction of sp³-hybridized carbons (Fsp3) is 0.312. The fourth-order valence-corrected chi connectivity index (χ4v) is 6.40. The Bertz CT molecular complexity index is 893. The average Bonchev–Trinajstić information content (AvgIpc) is 3.21. The zero-order chi connectivity index (χ0) is 18.0. The molecule has 0 atom stereocenters. The number of nitrogens with zero attached hydrogens (tertiary/aromatic N) is 2. The van der Waals surface area contributed by atoms with Crippen LogP contribution in [0.1, 0.15) is 10.4 Å². The number of piperazine rings is 1. The van der Waals surface area contributed by atoms with Crippen LogP contribution in [-0.2, 0) is 14.8 Å². The van der Waals surface area contributed by atoms with Crippen molar-refractivity contribution in [1.29, 1.82) is 0 Å². The van der Waals surface area contributed by atoms with Crippen molar-refractivity contribution in [3.05, 3.63) is 44.4 Å². The molecule has 1 amide bonds. The first kappa shape index (κ1) is 18.6. The number of sulfonamides is 1. The molecule has 3 heterocycles. The van der Waals surface area contributed by atoms with E-state index in [-0.39, 0.29) is 23.2 Å². The molecule has 1 saturated heterocycles. The van der Waals surface area contributed by atoms with Crippen molar-refractivity contribution in [2.75, 3.05) is 26.2 Å². The van der Waals surface area contributed by atoms with Crippen LogP contribution in [-0.4, -0.2) is 49.7 Å². The molecule has 0 aromatic carbocycles. The molecule has 2 aromatic rings. The highest BCUT2D eigenvalue weighted by atomic mass is 35.5. The fourth-order valence-electron chi connectivity index (χ4n) is 2.52. The van der Waals surface area contributed by atoms with Crippen molar-refractivity contribution in [3.63, 3.8) is 0 Å². The molecule has 1 fully saturated rings. The topological polar surface area (TPSA) is 57.7 Å². The second-order valence-corrected chi connectivity index (χ2v) is 10.4. The number of hydrogen-bond acceptors (Lipinski definition) is 5. The molecular formula is C16H17ClN2O3S3. The monoisotopic (exact) mass is 416 g/mol. The number of thiophene rings is 2. The Morgan fingerprint density at radius 2 is 1.92 bits per heavy atom.